The van der Waals surface area contributed by atoms with E-state index in [-0.39, 0.29) is 0 Å². The van der Waals surface area contributed by atoms with Crippen molar-refractivity contribution < 1.29 is 0 Å². The summed E-state index contributed by atoms with van der Waals surface area (Å²) < 4.78 is 0. The molecule has 0 heterocycles. The molecule has 17 heavy (non-hydrogen) atoms. The maximum Gasteiger partial charge on any atom is -0.0414 e. The van der Waals surface area contributed by atoms with Gasteiger partial charge in [-0.15, -0.1) is 0 Å². The molecule has 0 aromatic rings. The molecular weight excluding hydrogens is 204 g/mol. The number of rotatable bonds is 13. The third-order valence-electron chi connectivity index (χ3n) is 3.79. The topological polar surface area (TPSA) is 0 Å². The zero-order valence-corrected chi connectivity index (χ0v) is 12.5. The van der Waals surface area contributed by atoms with Gasteiger partial charge in [0.15, 0.2) is 0 Å². The summed E-state index contributed by atoms with van der Waals surface area (Å²) in [4.78, 5) is 0. The maximum atomic E-state index is 3.97. The molecule has 0 saturated heterocycles. The Balaban J connectivity index is 3.45. The average molecular weight is 239 g/mol. The van der Waals surface area contributed by atoms with Gasteiger partial charge in [0.1, 0.15) is 0 Å². The minimum absolute atomic E-state index is 1.00. The molecule has 0 aliphatic carbocycles. The van der Waals surface area contributed by atoms with Gasteiger partial charge in [-0.1, -0.05) is 104 Å². The van der Waals surface area contributed by atoms with Crippen molar-refractivity contribution in [2.24, 2.45) is 5.92 Å². The van der Waals surface area contributed by atoms with Gasteiger partial charge in [0.25, 0.3) is 0 Å². The van der Waals surface area contributed by atoms with Crippen LogP contribution in [0.15, 0.2) is 0 Å². The maximum absolute atomic E-state index is 3.97. The smallest absolute Gasteiger partial charge is 0.0414 e. The minimum atomic E-state index is 1.00. The van der Waals surface area contributed by atoms with E-state index in [0.717, 1.165) is 12.3 Å². The Labute approximate surface area is 111 Å². The average Bonchev–Trinajstić information content (AvgIpc) is 2.35. The van der Waals surface area contributed by atoms with Crippen LogP contribution in [0.4, 0.5) is 0 Å². The Morgan fingerprint density at radius 1 is 0.647 bits per heavy atom. The zero-order valence-electron chi connectivity index (χ0n) is 12.5. The number of unbranched alkanes of at least 4 members (excludes halogenated alkanes) is 7. The SMILES string of the molecule is [CH2]CCCC(CCCC)CCCCCCCC. The van der Waals surface area contributed by atoms with Crippen molar-refractivity contribution in [2.45, 2.75) is 97.3 Å². The fraction of sp³-hybridized carbons (Fsp3) is 0.941. The summed E-state index contributed by atoms with van der Waals surface area (Å²) in [5.41, 5.74) is 0. The van der Waals surface area contributed by atoms with Gasteiger partial charge in [-0.2, -0.15) is 0 Å². The second-order valence-corrected chi connectivity index (χ2v) is 5.56. The van der Waals surface area contributed by atoms with E-state index in [4.69, 9.17) is 0 Å². The molecule has 0 saturated carbocycles. The summed E-state index contributed by atoms with van der Waals surface area (Å²) in [6, 6.07) is 0. The second kappa shape index (κ2) is 14.1. The third kappa shape index (κ3) is 12.2. The normalized spacial score (nSPS) is 11.3. The van der Waals surface area contributed by atoms with Gasteiger partial charge in [0.2, 0.25) is 0 Å². The lowest BCUT2D eigenvalue weighted by Crippen LogP contribution is -2.01. The molecule has 103 valence electrons. The summed E-state index contributed by atoms with van der Waals surface area (Å²) >= 11 is 0. The van der Waals surface area contributed by atoms with Crippen LogP contribution in [-0.2, 0) is 0 Å². The molecule has 1 unspecified atom stereocenters. The number of hydrogen-bond acceptors (Lipinski definition) is 0. The highest BCUT2D eigenvalue weighted by molar-refractivity contribution is 4.61. The summed E-state index contributed by atoms with van der Waals surface area (Å²) in [7, 11) is 0. The van der Waals surface area contributed by atoms with Gasteiger partial charge in [-0.25, -0.2) is 0 Å². The van der Waals surface area contributed by atoms with Crippen LogP contribution in [0.5, 0.6) is 0 Å². The largest absolute Gasteiger partial charge is 0.0654 e. The van der Waals surface area contributed by atoms with Gasteiger partial charge in [0, 0.05) is 0 Å². The van der Waals surface area contributed by atoms with Crippen LogP contribution in [0, 0.1) is 12.8 Å². The molecule has 1 atom stereocenters. The van der Waals surface area contributed by atoms with Crippen molar-refractivity contribution in [2.75, 3.05) is 0 Å². The first kappa shape index (κ1) is 17.0. The van der Waals surface area contributed by atoms with Crippen molar-refractivity contribution in [1.82, 2.24) is 0 Å². The van der Waals surface area contributed by atoms with E-state index in [9.17, 15) is 0 Å². The zero-order chi connectivity index (χ0) is 12.8. The van der Waals surface area contributed by atoms with Crippen LogP contribution in [0.2, 0.25) is 0 Å². The van der Waals surface area contributed by atoms with E-state index in [2.05, 4.69) is 20.8 Å². The van der Waals surface area contributed by atoms with Crippen LogP contribution < -0.4 is 0 Å². The van der Waals surface area contributed by atoms with Crippen molar-refractivity contribution in [3.8, 4) is 0 Å². The van der Waals surface area contributed by atoms with Gasteiger partial charge in [0.05, 0.1) is 0 Å². The summed E-state index contributed by atoms with van der Waals surface area (Å²) in [6.07, 6.45) is 18.3. The first-order valence-electron chi connectivity index (χ1n) is 8.14. The molecule has 0 aromatic heterocycles. The Morgan fingerprint density at radius 3 is 1.82 bits per heavy atom. The van der Waals surface area contributed by atoms with Gasteiger partial charge in [-0.3, -0.25) is 0 Å². The highest BCUT2D eigenvalue weighted by Crippen LogP contribution is 2.22. The molecule has 0 rings (SSSR count). The molecule has 0 aliphatic rings. The summed E-state index contributed by atoms with van der Waals surface area (Å²) in [5.74, 6) is 1.00. The lowest BCUT2D eigenvalue weighted by molar-refractivity contribution is 0.378. The molecule has 0 nitrogen and oxygen atoms in total. The summed E-state index contributed by atoms with van der Waals surface area (Å²) in [5, 5.41) is 0. The van der Waals surface area contributed by atoms with E-state index < -0.39 is 0 Å². The van der Waals surface area contributed by atoms with Crippen LogP contribution >= 0.6 is 0 Å². The standard InChI is InChI=1S/C17H35/c1-4-7-10-11-12-13-16-17(14-8-5-2)15-9-6-3/h17H,2,4-16H2,1,3H3. The van der Waals surface area contributed by atoms with Crippen molar-refractivity contribution in [3.05, 3.63) is 6.92 Å². The Morgan fingerprint density at radius 2 is 1.18 bits per heavy atom. The van der Waals surface area contributed by atoms with Crippen molar-refractivity contribution >= 4 is 0 Å². The Bertz CT molecular complexity index is 120. The molecule has 0 aliphatic heterocycles. The lowest BCUT2D eigenvalue weighted by atomic mass is 9.90. The van der Waals surface area contributed by atoms with Crippen LogP contribution in [0.25, 0.3) is 0 Å². The molecule has 0 amide bonds. The van der Waals surface area contributed by atoms with Crippen molar-refractivity contribution in [3.63, 3.8) is 0 Å². The fourth-order valence-electron chi connectivity index (χ4n) is 2.57. The Kier molecular flexibility index (Phi) is 14.1. The van der Waals surface area contributed by atoms with Crippen LogP contribution in [0.3, 0.4) is 0 Å². The third-order valence-corrected chi connectivity index (χ3v) is 3.79. The molecule has 0 N–H and O–H groups in total. The molecular formula is C17H35. The second-order valence-electron chi connectivity index (χ2n) is 5.56. The quantitative estimate of drug-likeness (QED) is 0.320. The van der Waals surface area contributed by atoms with Gasteiger partial charge in [-0.05, 0) is 5.92 Å². The summed E-state index contributed by atoms with van der Waals surface area (Å²) in [6.45, 7) is 8.57. The monoisotopic (exact) mass is 239 g/mol. The number of hydrogen-bond donors (Lipinski definition) is 0. The predicted molar refractivity (Wildman–Crippen MR) is 80.2 cm³/mol. The highest BCUT2D eigenvalue weighted by Gasteiger charge is 2.07. The van der Waals surface area contributed by atoms with Gasteiger partial charge < -0.3 is 0 Å². The van der Waals surface area contributed by atoms with E-state index in [1.54, 1.807) is 0 Å². The van der Waals surface area contributed by atoms with Gasteiger partial charge >= 0.3 is 0 Å². The van der Waals surface area contributed by atoms with E-state index >= 15 is 0 Å². The molecule has 0 fully saturated rings. The van der Waals surface area contributed by atoms with E-state index in [0.29, 0.717) is 0 Å². The fourth-order valence-corrected chi connectivity index (χ4v) is 2.57. The van der Waals surface area contributed by atoms with Crippen LogP contribution in [0.1, 0.15) is 97.3 Å². The van der Waals surface area contributed by atoms with E-state index in [1.807, 2.05) is 0 Å². The molecule has 0 heteroatoms. The highest BCUT2D eigenvalue weighted by atomic mass is 14.1. The molecule has 1 radical (unpaired) electrons. The molecule has 0 aromatic carbocycles. The predicted octanol–water partition coefficient (Wildman–Crippen LogP) is 6.55. The van der Waals surface area contributed by atoms with Crippen LogP contribution in [-0.4, -0.2) is 0 Å². The Hall–Kier alpha value is 0. The minimum Gasteiger partial charge on any atom is -0.0654 e. The van der Waals surface area contributed by atoms with Crippen molar-refractivity contribution in [1.29, 1.82) is 0 Å². The van der Waals surface area contributed by atoms with E-state index in [1.165, 1.54) is 77.0 Å². The lowest BCUT2D eigenvalue weighted by Gasteiger charge is -2.16. The first-order valence-corrected chi connectivity index (χ1v) is 8.14. The molecule has 0 spiro atoms. The first-order chi connectivity index (χ1) is 8.35. The molecule has 0 bridgehead atoms.